The molecule has 4 atom stereocenters. The summed E-state index contributed by atoms with van der Waals surface area (Å²) in [5.74, 6) is -0.414. The molecule has 0 unspecified atom stereocenters. The zero-order valence-electron chi connectivity index (χ0n) is 13.4. The zero-order chi connectivity index (χ0) is 15.8. The fourth-order valence-corrected chi connectivity index (χ4v) is 2.99. The molecule has 21 heavy (non-hydrogen) atoms. The molecule has 0 aromatic heterocycles. The topological polar surface area (TPSA) is 63.6 Å². The van der Waals surface area contributed by atoms with Gasteiger partial charge in [-0.15, -0.1) is 0 Å². The largest absolute Gasteiger partial charge is 0.458 e. The quantitative estimate of drug-likeness (QED) is 0.425. The lowest BCUT2D eigenvalue weighted by atomic mass is 9.91. The lowest BCUT2D eigenvalue weighted by molar-refractivity contribution is -0.144. The summed E-state index contributed by atoms with van der Waals surface area (Å²) < 4.78 is 5.30. The molecular formula is C17H28O4. The van der Waals surface area contributed by atoms with Crippen LogP contribution in [0.2, 0.25) is 0 Å². The second-order valence-electron chi connectivity index (χ2n) is 5.86. The highest BCUT2D eigenvalue weighted by molar-refractivity contribution is 5.84. The number of hydrogen-bond donors (Lipinski definition) is 1. The van der Waals surface area contributed by atoms with Gasteiger partial charge in [-0.25, -0.2) is 0 Å². The first-order valence-corrected chi connectivity index (χ1v) is 8.05. The van der Waals surface area contributed by atoms with E-state index in [9.17, 15) is 14.7 Å². The molecule has 0 aliphatic heterocycles. The lowest BCUT2D eigenvalue weighted by Gasteiger charge is -2.18. The maximum atomic E-state index is 11.8. The van der Waals surface area contributed by atoms with Crippen LogP contribution < -0.4 is 0 Å². The highest BCUT2D eigenvalue weighted by Crippen LogP contribution is 2.32. The van der Waals surface area contributed by atoms with E-state index in [0.29, 0.717) is 0 Å². The first-order chi connectivity index (χ1) is 9.99. The Balaban J connectivity index is 2.66. The fourth-order valence-electron chi connectivity index (χ4n) is 2.99. The number of esters is 1. The van der Waals surface area contributed by atoms with Crippen LogP contribution in [0.4, 0.5) is 0 Å². The molecule has 4 nitrogen and oxygen atoms in total. The Kier molecular flexibility index (Phi) is 7.65. The Labute approximate surface area is 127 Å². The molecule has 1 aliphatic rings. The number of hydrogen-bond acceptors (Lipinski definition) is 4. The minimum Gasteiger partial charge on any atom is -0.458 e. The molecule has 1 saturated carbocycles. The predicted molar refractivity (Wildman–Crippen MR) is 81.7 cm³/mol. The average molecular weight is 296 g/mol. The summed E-state index contributed by atoms with van der Waals surface area (Å²) in [7, 11) is 0. The summed E-state index contributed by atoms with van der Waals surface area (Å²) in [5.41, 5.74) is 0. The number of aliphatic hydroxyl groups is 1. The Hall–Kier alpha value is -1.16. The summed E-state index contributed by atoms with van der Waals surface area (Å²) in [6, 6.07) is 0. The minimum absolute atomic E-state index is 0.107. The molecule has 0 aromatic rings. The second-order valence-corrected chi connectivity index (χ2v) is 5.86. The molecule has 1 fully saturated rings. The van der Waals surface area contributed by atoms with Crippen molar-refractivity contribution in [2.45, 2.75) is 71.5 Å². The van der Waals surface area contributed by atoms with Gasteiger partial charge in [0.15, 0.2) is 0 Å². The van der Waals surface area contributed by atoms with E-state index in [1.807, 2.05) is 19.1 Å². The predicted octanol–water partition coefficient (Wildman–Crippen LogP) is 3.03. The van der Waals surface area contributed by atoms with E-state index >= 15 is 0 Å². The molecule has 0 aromatic carbocycles. The van der Waals surface area contributed by atoms with E-state index < -0.39 is 6.10 Å². The summed E-state index contributed by atoms with van der Waals surface area (Å²) >= 11 is 0. The fraction of sp³-hybridized carbons (Fsp3) is 0.765. The molecule has 4 heteroatoms. The van der Waals surface area contributed by atoms with Gasteiger partial charge in [0.1, 0.15) is 11.9 Å². The van der Waals surface area contributed by atoms with Crippen molar-refractivity contribution in [2.75, 3.05) is 0 Å². The number of unbranched alkanes of at least 4 members (excludes halogenated alkanes) is 2. The molecule has 120 valence electrons. The third kappa shape index (κ3) is 5.62. The molecule has 0 amide bonds. The molecule has 0 bridgehead atoms. The number of rotatable bonds is 8. The molecule has 1 rings (SSSR count). The van der Waals surface area contributed by atoms with Gasteiger partial charge in [-0.2, -0.15) is 0 Å². The third-order valence-corrected chi connectivity index (χ3v) is 4.13. The van der Waals surface area contributed by atoms with Crippen molar-refractivity contribution in [3.63, 3.8) is 0 Å². The van der Waals surface area contributed by atoms with Crippen LogP contribution in [-0.2, 0) is 14.3 Å². The first kappa shape index (κ1) is 17.9. The van der Waals surface area contributed by atoms with Crippen molar-refractivity contribution in [2.24, 2.45) is 11.8 Å². The monoisotopic (exact) mass is 296 g/mol. The number of ketones is 1. The van der Waals surface area contributed by atoms with Crippen LogP contribution >= 0.6 is 0 Å². The Morgan fingerprint density at radius 3 is 2.71 bits per heavy atom. The van der Waals surface area contributed by atoms with Crippen molar-refractivity contribution in [1.29, 1.82) is 0 Å². The van der Waals surface area contributed by atoms with Gasteiger partial charge in [0.25, 0.3) is 0 Å². The lowest BCUT2D eigenvalue weighted by Crippen LogP contribution is -2.19. The van der Waals surface area contributed by atoms with Gasteiger partial charge in [-0.3, -0.25) is 9.59 Å². The van der Waals surface area contributed by atoms with Crippen molar-refractivity contribution in [3.8, 4) is 0 Å². The van der Waals surface area contributed by atoms with Crippen molar-refractivity contribution < 1.29 is 19.4 Å². The van der Waals surface area contributed by atoms with Crippen molar-refractivity contribution >= 4 is 11.8 Å². The minimum atomic E-state index is -0.604. The van der Waals surface area contributed by atoms with Crippen molar-refractivity contribution in [1.82, 2.24) is 0 Å². The van der Waals surface area contributed by atoms with Crippen LogP contribution in [0, 0.1) is 11.8 Å². The summed E-state index contributed by atoms with van der Waals surface area (Å²) in [6.07, 6.45) is 7.86. The Morgan fingerprint density at radius 1 is 1.43 bits per heavy atom. The van der Waals surface area contributed by atoms with Crippen LogP contribution in [-0.4, -0.2) is 29.1 Å². The highest BCUT2D eigenvalue weighted by atomic mass is 16.5. The second kappa shape index (κ2) is 8.98. The number of carbonyl (C=O) groups is 2. The summed E-state index contributed by atoms with van der Waals surface area (Å²) in [6.45, 7) is 5.50. The van der Waals surface area contributed by atoms with Gasteiger partial charge in [-0.1, -0.05) is 32.8 Å². The molecule has 0 radical (unpaired) electrons. The number of ether oxygens (including phenoxy) is 1. The normalized spacial score (nSPS) is 27.2. The van der Waals surface area contributed by atoms with E-state index in [2.05, 4.69) is 6.92 Å². The number of aliphatic hydroxyl groups excluding tert-OH is 1. The van der Waals surface area contributed by atoms with E-state index in [1.54, 1.807) is 0 Å². The van der Waals surface area contributed by atoms with E-state index in [1.165, 1.54) is 6.92 Å². The molecular weight excluding hydrogens is 268 g/mol. The molecule has 1 N–H and O–H groups in total. The van der Waals surface area contributed by atoms with Gasteiger partial charge in [-0.05, 0) is 25.3 Å². The van der Waals surface area contributed by atoms with Gasteiger partial charge >= 0.3 is 5.97 Å². The van der Waals surface area contributed by atoms with E-state index in [0.717, 1.165) is 32.1 Å². The van der Waals surface area contributed by atoms with E-state index in [-0.39, 0.29) is 36.1 Å². The molecule has 0 heterocycles. The molecule has 0 saturated heterocycles. The Bertz CT molecular complexity index is 375. The molecule has 0 spiro atoms. The summed E-state index contributed by atoms with van der Waals surface area (Å²) in [4.78, 5) is 22.9. The van der Waals surface area contributed by atoms with Crippen molar-refractivity contribution in [3.05, 3.63) is 12.2 Å². The molecule has 1 aliphatic carbocycles. The van der Waals surface area contributed by atoms with Gasteiger partial charge in [0, 0.05) is 25.2 Å². The van der Waals surface area contributed by atoms with Crippen LogP contribution in [0.1, 0.15) is 59.3 Å². The average Bonchev–Trinajstić information content (AvgIpc) is 2.69. The van der Waals surface area contributed by atoms with Crippen LogP contribution in [0.3, 0.4) is 0 Å². The number of carbonyl (C=O) groups excluding carboxylic acids is 2. The maximum absolute atomic E-state index is 11.8. The first-order valence-electron chi connectivity index (χ1n) is 8.05. The zero-order valence-corrected chi connectivity index (χ0v) is 13.4. The van der Waals surface area contributed by atoms with Crippen LogP contribution in [0.25, 0.3) is 0 Å². The number of Topliss-reactive ketones (excluding diaryl/α,β-unsaturated/α-hetero) is 1. The third-order valence-electron chi connectivity index (χ3n) is 4.13. The van der Waals surface area contributed by atoms with Gasteiger partial charge in [0.05, 0.1) is 6.10 Å². The smallest absolute Gasteiger partial charge is 0.303 e. The van der Waals surface area contributed by atoms with Crippen LogP contribution in [0.5, 0.6) is 0 Å². The summed E-state index contributed by atoms with van der Waals surface area (Å²) in [5, 5.41) is 9.99. The SMILES string of the molecule is CCCCC[C@@H](/C=C/[C@H]1[C@H](O)CC(=O)[C@@H]1CC)OC(C)=O. The van der Waals surface area contributed by atoms with Crippen LogP contribution in [0.15, 0.2) is 12.2 Å². The standard InChI is InChI=1S/C17H28O4/c1-4-6-7-8-13(21-12(3)18)9-10-15-14(5-2)16(19)11-17(15)20/h9-10,13-15,17,20H,4-8,11H2,1-3H3/b10-9+/t13-,14+,15+,17+/m0/s1. The van der Waals surface area contributed by atoms with E-state index in [4.69, 9.17) is 4.74 Å². The Morgan fingerprint density at radius 2 is 2.14 bits per heavy atom. The van der Waals surface area contributed by atoms with Gasteiger partial charge in [0.2, 0.25) is 0 Å². The van der Waals surface area contributed by atoms with Gasteiger partial charge < -0.3 is 9.84 Å². The maximum Gasteiger partial charge on any atom is 0.303 e. The highest BCUT2D eigenvalue weighted by Gasteiger charge is 2.38.